The molecule has 0 fully saturated rings. The number of rotatable bonds is 5. The fraction of sp³-hybridized carbons (Fsp3) is 0.200. The molecule has 94 valence electrons. The van der Waals surface area contributed by atoms with E-state index in [-0.39, 0.29) is 5.82 Å². The molecule has 0 aliphatic carbocycles. The highest BCUT2D eigenvalue weighted by molar-refractivity contribution is 5.33. The van der Waals surface area contributed by atoms with Crippen molar-refractivity contribution in [3.63, 3.8) is 0 Å². The molecule has 0 atom stereocenters. The maximum absolute atomic E-state index is 12.7. The fourth-order valence-electron chi connectivity index (χ4n) is 1.72. The smallest absolute Gasteiger partial charge is 0.123 e. The van der Waals surface area contributed by atoms with Crippen molar-refractivity contribution in [1.29, 1.82) is 0 Å². The predicted molar refractivity (Wildman–Crippen MR) is 68.6 cm³/mol. The summed E-state index contributed by atoms with van der Waals surface area (Å²) >= 11 is 0. The van der Waals surface area contributed by atoms with E-state index in [0.29, 0.717) is 12.4 Å². The quantitative estimate of drug-likeness (QED) is 0.804. The van der Waals surface area contributed by atoms with Crippen LogP contribution in [-0.2, 0) is 6.42 Å². The second-order valence-electron chi connectivity index (χ2n) is 3.86. The summed E-state index contributed by atoms with van der Waals surface area (Å²) in [6, 6.07) is 13.9. The van der Waals surface area contributed by atoms with Crippen LogP contribution in [0.15, 0.2) is 48.5 Å². The van der Waals surface area contributed by atoms with Crippen molar-refractivity contribution in [3.05, 3.63) is 59.9 Å². The van der Waals surface area contributed by atoms with Crippen LogP contribution in [0, 0.1) is 5.82 Å². The van der Waals surface area contributed by atoms with Crippen molar-refractivity contribution < 1.29 is 13.9 Å². The summed E-state index contributed by atoms with van der Waals surface area (Å²) in [6.45, 7) is 0.534. The molecule has 0 spiro atoms. The van der Waals surface area contributed by atoms with Gasteiger partial charge in [0.15, 0.2) is 0 Å². The van der Waals surface area contributed by atoms with Crippen molar-refractivity contribution in [2.24, 2.45) is 0 Å². The molecule has 0 heterocycles. The topological polar surface area (TPSA) is 18.5 Å². The highest BCUT2D eigenvalue weighted by Gasteiger charge is 2.02. The van der Waals surface area contributed by atoms with Crippen LogP contribution in [-0.4, -0.2) is 13.7 Å². The summed E-state index contributed by atoms with van der Waals surface area (Å²) in [6.07, 6.45) is 0.751. The molecule has 0 aromatic heterocycles. The van der Waals surface area contributed by atoms with Crippen molar-refractivity contribution in [2.75, 3.05) is 13.7 Å². The Labute approximate surface area is 106 Å². The van der Waals surface area contributed by atoms with E-state index in [9.17, 15) is 4.39 Å². The second kappa shape index (κ2) is 6.05. The van der Waals surface area contributed by atoms with Crippen LogP contribution >= 0.6 is 0 Å². The lowest BCUT2D eigenvalue weighted by molar-refractivity contribution is 0.318. The minimum atomic E-state index is -0.257. The molecule has 3 heteroatoms. The Bertz CT molecular complexity index is 494. The lowest BCUT2D eigenvalue weighted by Crippen LogP contribution is -2.02. The molecule has 0 aliphatic rings. The molecule has 2 nitrogen and oxygen atoms in total. The van der Waals surface area contributed by atoms with Crippen LogP contribution < -0.4 is 9.47 Å². The third-order valence-electron chi connectivity index (χ3n) is 2.65. The molecule has 0 aliphatic heterocycles. The number of hydrogen-bond acceptors (Lipinski definition) is 2. The first kappa shape index (κ1) is 12.4. The van der Waals surface area contributed by atoms with E-state index in [0.717, 1.165) is 17.7 Å². The maximum atomic E-state index is 12.7. The predicted octanol–water partition coefficient (Wildman–Crippen LogP) is 3.46. The molecule has 0 saturated heterocycles. The van der Waals surface area contributed by atoms with Crippen molar-refractivity contribution >= 4 is 0 Å². The molecule has 0 amide bonds. The van der Waals surface area contributed by atoms with Gasteiger partial charge in [-0.15, -0.1) is 0 Å². The number of para-hydroxylation sites is 1. The van der Waals surface area contributed by atoms with Crippen LogP contribution in [0.25, 0.3) is 0 Å². The molecule has 0 saturated carbocycles. The zero-order chi connectivity index (χ0) is 12.8. The number of methoxy groups -OCH3 is 1. The molecule has 0 unspecified atom stereocenters. The van der Waals surface area contributed by atoms with E-state index in [2.05, 4.69) is 0 Å². The summed E-state index contributed by atoms with van der Waals surface area (Å²) in [5.74, 6) is 1.28. The highest BCUT2D eigenvalue weighted by Crippen LogP contribution is 2.18. The molecule has 0 bridgehead atoms. The van der Waals surface area contributed by atoms with Gasteiger partial charge in [-0.3, -0.25) is 0 Å². The first-order valence-corrected chi connectivity index (χ1v) is 5.80. The average molecular weight is 246 g/mol. The maximum Gasteiger partial charge on any atom is 0.123 e. The normalized spacial score (nSPS) is 10.1. The van der Waals surface area contributed by atoms with Gasteiger partial charge in [-0.2, -0.15) is 0 Å². The summed E-state index contributed by atoms with van der Waals surface area (Å²) in [7, 11) is 1.65. The Hall–Kier alpha value is -2.03. The Balaban J connectivity index is 1.90. The van der Waals surface area contributed by atoms with Gasteiger partial charge in [-0.1, -0.05) is 18.2 Å². The van der Waals surface area contributed by atoms with Gasteiger partial charge in [0.2, 0.25) is 0 Å². The first-order chi connectivity index (χ1) is 8.79. The number of ether oxygens (including phenoxy) is 2. The molecule has 0 N–H and O–H groups in total. The van der Waals surface area contributed by atoms with Gasteiger partial charge in [-0.05, 0) is 35.9 Å². The minimum Gasteiger partial charge on any atom is -0.496 e. The van der Waals surface area contributed by atoms with Gasteiger partial charge in [0.25, 0.3) is 0 Å². The lowest BCUT2D eigenvalue weighted by Gasteiger charge is -2.09. The molecule has 2 aromatic rings. The Kier molecular flexibility index (Phi) is 4.18. The summed E-state index contributed by atoms with van der Waals surface area (Å²) < 4.78 is 23.5. The monoisotopic (exact) mass is 246 g/mol. The minimum absolute atomic E-state index is 0.257. The largest absolute Gasteiger partial charge is 0.496 e. The molecular formula is C15H15FO2. The van der Waals surface area contributed by atoms with Gasteiger partial charge in [0, 0.05) is 6.42 Å². The van der Waals surface area contributed by atoms with E-state index in [1.165, 1.54) is 12.1 Å². The van der Waals surface area contributed by atoms with Crippen LogP contribution in [0.5, 0.6) is 11.5 Å². The lowest BCUT2D eigenvalue weighted by atomic mass is 10.1. The van der Waals surface area contributed by atoms with Gasteiger partial charge >= 0.3 is 0 Å². The number of benzene rings is 2. The second-order valence-corrected chi connectivity index (χ2v) is 3.86. The van der Waals surface area contributed by atoms with E-state index in [4.69, 9.17) is 9.47 Å². The zero-order valence-electron chi connectivity index (χ0n) is 10.2. The van der Waals surface area contributed by atoms with Gasteiger partial charge in [0.1, 0.15) is 17.3 Å². The van der Waals surface area contributed by atoms with Gasteiger partial charge < -0.3 is 9.47 Å². The molecular weight excluding hydrogens is 231 g/mol. The van der Waals surface area contributed by atoms with Crippen LogP contribution in [0.4, 0.5) is 4.39 Å². The number of hydrogen-bond donors (Lipinski definition) is 0. The Morgan fingerprint density at radius 1 is 1.00 bits per heavy atom. The third-order valence-corrected chi connectivity index (χ3v) is 2.65. The number of halogens is 1. The summed E-state index contributed by atoms with van der Waals surface area (Å²) in [4.78, 5) is 0. The summed E-state index contributed by atoms with van der Waals surface area (Å²) in [5.41, 5.74) is 1.10. The van der Waals surface area contributed by atoms with E-state index < -0.39 is 0 Å². The van der Waals surface area contributed by atoms with Gasteiger partial charge in [-0.25, -0.2) is 4.39 Å². The standard InChI is InChI=1S/C15H15FO2/c1-17-15-5-3-2-4-12(15)10-11-18-14-8-6-13(16)7-9-14/h2-9H,10-11H2,1H3. The van der Waals surface area contributed by atoms with E-state index >= 15 is 0 Å². The highest BCUT2D eigenvalue weighted by atomic mass is 19.1. The van der Waals surface area contributed by atoms with Gasteiger partial charge in [0.05, 0.1) is 13.7 Å². The Morgan fingerprint density at radius 3 is 2.44 bits per heavy atom. The summed E-state index contributed by atoms with van der Waals surface area (Å²) in [5, 5.41) is 0. The van der Waals surface area contributed by atoms with Crippen LogP contribution in [0.3, 0.4) is 0 Å². The fourth-order valence-corrected chi connectivity index (χ4v) is 1.72. The SMILES string of the molecule is COc1ccccc1CCOc1ccc(F)cc1. The van der Waals surface area contributed by atoms with Crippen LogP contribution in [0.1, 0.15) is 5.56 Å². The molecule has 0 radical (unpaired) electrons. The molecule has 18 heavy (non-hydrogen) atoms. The molecule has 2 aromatic carbocycles. The van der Waals surface area contributed by atoms with E-state index in [1.807, 2.05) is 24.3 Å². The zero-order valence-corrected chi connectivity index (χ0v) is 10.2. The van der Waals surface area contributed by atoms with Crippen molar-refractivity contribution in [2.45, 2.75) is 6.42 Å². The average Bonchev–Trinajstić information content (AvgIpc) is 2.41. The first-order valence-electron chi connectivity index (χ1n) is 5.80. The third kappa shape index (κ3) is 3.23. The van der Waals surface area contributed by atoms with Crippen molar-refractivity contribution in [1.82, 2.24) is 0 Å². The molecule has 2 rings (SSSR count). The van der Waals surface area contributed by atoms with E-state index in [1.54, 1.807) is 19.2 Å². The van der Waals surface area contributed by atoms with Crippen molar-refractivity contribution in [3.8, 4) is 11.5 Å². The van der Waals surface area contributed by atoms with Crippen LogP contribution in [0.2, 0.25) is 0 Å². The Morgan fingerprint density at radius 2 is 1.72 bits per heavy atom.